The third kappa shape index (κ3) is 6.08. The third-order valence-electron chi connectivity index (χ3n) is 4.12. The van der Waals surface area contributed by atoms with E-state index in [1.165, 1.54) is 24.3 Å². The number of halogens is 4. The lowest BCUT2D eigenvalue weighted by molar-refractivity contribution is -0.112. The van der Waals surface area contributed by atoms with Crippen LogP contribution in [0.3, 0.4) is 0 Å². The van der Waals surface area contributed by atoms with Crippen LogP contribution in [-0.4, -0.2) is 5.91 Å². The second kappa shape index (κ2) is 10.5. The van der Waals surface area contributed by atoms with Gasteiger partial charge in [-0.25, -0.2) is 4.39 Å². The maximum Gasteiger partial charge on any atom is 0.266 e. The number of rotatable bonds is 6. The topological polar surface area (TPSA) is 62.1 Å². The predicted octanol–water partition coefficient (Wildman–Crippen LogP) is 7.02. The highest BCUT2D eigenvalue weighted by atomic mass is 79.9. The van der Waals surface area contributed by atoms with Gasteiger partial charge < -0.3 is 10.1 Å². The van der Waals surface area contributed by atoms with Crippen LogP contribution in [-0.2, 0) is 11.4 Å². The highest BCUT2D eigenvalue weighted by molar-refractivity contribution is 9.10. The fraction of sp³-hybridized carbons (Fsp3) is 0.0435. The molecule has 0 bridgehead atoms. The molecule has 0 aliphatic carbocycles. The Hall–Kier alpha value is -2.85. The molecule has 0 saturated heterocycles. The molecule has 0 heterocycles. The molecule has 1 amide bonds. The molecule has 3 aromatic rings. The van der Waals surface area contributed by atoms with Gasteiger partial charge in [0.25, 0.3) is 5.91 Å². The van der Waals surface area contributed by atoms with Crippen molar-refractivity contribution < 1.29 is 13.9 Å². The van der Waals surface area contributed by atoms with E-state index in [-0.39, 0.29) is 17.9 Å². The van der Waals surface area contributed by atoms with Gasteiger partial charge in [-0.05, 0) is 69.5 Å². The van der Waals surface area contributed by atoms with Crippen LogP contribution in [0.1, 0.15) is 11.1 Å². The smallest absolute Gasteiger partial charge is 0.266 e. The number of nitrogens with zero attached hydrogens (tertiary/aromatic N) is 1. The Morgan fingerprint density at radius 2 is 1.87 bits per heavy atom. The standard InChI is InChI=1S/C23H14BrCl2FN2O2/c24-18-10-15(9-16(12-28)23(30)29-21-4-2-1-3-20(21)27)11-19(26)22(18)31-13-14-5-7-17(25)8-6-14/h1-11H,13H2,(H,29,30)/b16-9-. The van der Waals surface area contributed by atoms with Crippen molar-refractivity contribution in [3.8, 4) is 11.8 Å². The van der Waals surface area contributed by atoms with E-state index in [1.54, 1.807) is 30.3 Å². The molecule has 0 aliphatic heterocycles. The first-order chi connectivity index (χ1) is 14.9. The summed E-state index contributed by atoms with van der Waals surface area (Å²) < 4.78 is 20.1. The second-order valence-electron chi connectivity index (χ2n) is 6.33. The summed E-state index contributed by atoms with van der Waals surface area (Å²) in [7, 11) is 0. The molecule has 0 atom stereocenters. The van der Waals surface area contributed by atoms with Crippen molar-refractivity contribution in [3.05, 3.63) is 97.7 Å². The zero-order chi connectivity index (χ0) is 22.4. The Morgan fingerprint density at radius 3 is 2.52 bits per heavy atom. The summed E-state index contributed by atoms with van der Waals surface area (Å²) in [4.78, 5) is 12.4. The molecule has 156 valence electrons. The van der Waals surface area contributed by atoms with Gasteiger partial charge in [0.05, 0.1) is 15.2 Å². The summed E-state index contributed by atoms with van der Waals surface area (Å²) in [5.41, 5.74) is 1.18. The predicted molar refractivity (Wildman–Crippen MR) is 124 cm³/mol. The fourth-order valence-electron chi connectivity index (χ4n) is 2.60. The van der Waals surface area contributed by atoms with Gasteiger partial charge in [0, 0.05) is 5.02 Å². The van der Waals surface area contributed by atoms with E-state index in [0.29, 0.717) is 25.8 Å². The van der Waals surface area contributed by atoms with Crippen molar-refractivity contribution in [1.29, 1.82) is 5.26 Å². The first-order valence-corrected chi connectivity index (χ1v) is 10.5. The van der Waals surface area contributed by atoms with Crippen LogP contribution in [0.25, 0.3) is 6.08 Å². The first kappa shape index (κ1) is 22.8. The summed E-state index contributed by atoms with van der Waals surface area (Å²) in [5.74, 6) is -0.910. The largest absolute Gasteiger partial charge is 0.486 e. The Labute approximate surface area is 197 Å². The average Bonchev–Trinajstić information content (AvgIpc) is 2.74. The molecule has 31 heavy (non-hydrogen) atoms. The number of nitrogens with one attached hydrogen (secondary N) is 1. The fourth-order valence-corrected chi connectivity index (χ4v) is 3.72. The normalized spacial score (nSPS) is 11.0. The van der Waals surface area contributed by atoms with E-state index in [2.05, 4.69) is 21.2 Å². The molecule has 3 rings (SSSR count). The molecular weight excluding hydrogens is 506 g/mol. The monoisotopic (exact) mass is 518 g/mol. The molecule has 0 spiro atoms. The summed E-state index contributed by atoms with van der Waals surface area (Å²) in [6.07, 6.45) is 1.36. The molecule has 1 N–H and O–H groups in total. The summed E-state index contributed by atoms with van der Waals surface area (Å²) >= 11 is 15.6. The number of anilines is 1. The molecule has 0 radical (unpaired) electrons. The van der Waals surface area contributed by atoms with Crippen molar-refractivity contribution in [2.24, 2.45) is 0 Å². The number of hydrogen-bond donors (Lipinski definition) is 1. The van der Waals surface area contributed by atoms with Crippen LogP contribution >= 0.6 is 39.1 Å². The summed E-state index contributed by atoms with van der Waals surface area (Å²) in [5, 5.41) is 12.7. The molecular formula is C23H14BrCl2FN2O2. The summed E-state index contributed by atoms with van der Waals surface area (Å²) in [6.45, 7) is 0.277. The van der Waals surface area contributed by atoms with Gasteiger partial charge in [-0.15, -0.1) is 0 Å². The highest BCUT2D eigenvalue weighted by Gasteiger charge is 2.14. The molecule has 3 aromatic carbocycles. The van der Waals surface area contributed by atoms with Gasteiger partial charge in [0.15, 0.2) is 5.75 Å². The molecule has 0 saturated carbocycles. The Balaban J connectivity index is 1.78. The van der Waals surface area contributed by atoms with E-state index >= 15 is 0 Å². The number of hydrogen-bond acceptors (Lipinski definition) is 3. The van der Waals surface area contributed by atoms with E-state index < -0.39 is 11.7 Å². The van der Waals surface area contributed by atoms with Crippen LogP contribution < -0.4 is 10.1 Å². The van der Waals surface area contributed by atoms with Crippen LogP contribution in [0.15, 0.2) is 70.7 Å². The number of amides is 1. The van der Waals surface area contributed by atoms with Crippen molar-refractivity contribution in [3.63, 3.8) is 0 Å². The number of para-hydroxylation sites is 1. The molecule has 0 aromatic heterocycles. The number of ether oxygens (including phenoxy) is 1. The minimum Gasteiger partial charge on any atom is -0.486 e. The van der Waals surface area contributed by atoms with Gasteiger partial charge in [-0.2, -0.15) is 5.26 Å². The van der Waals surface area contributed by atoms with E-state index in [0.717, 1.165) is 5.56 Å². The lowest BCUT2D eigenvalue weighted by atomic mass is 10.1. The van der Waals surface area contributed by atoms with Gasteiger partial charge in [-0.1, -0.05) is 47.5 Å². The van der Waals surface area contributed by atoms with Crippen LogP contribution in [0.4, 0.5) is 10.1 Å². The Kier molecular flexibility index (Phi) is 7.69. The molecule has 8 heteroatoms. The number of carbonyl (C=O) groups is 1. The SMILES string of the molecule is N#C/C(=C/c1cc(Cl)c(OCc2ccc(Cl)cc2)c(Br)c1)C(=O)Nc1ccccc1F. The van der Waals surface area contributed by atoms with Gasteiger partial charge >= 0.3 is 0 Å². The van der Waals surface area contributed by atoms with Crippen LogP contribution in [0.2, 0.25) is 10.0 Å². The van der Waals surface area contributed by atoms with E-state index in [4.69, 9.17) is 27.9 Å². The van der Waals surface area contributed by atoms with Crippen molar-refractivity contribution >= 4 is 56.8 Å². The van der Waals surface area contributed by atoms with Gasteiger partial charge in [-0.3, -0.25) is 4.79 Å². The van der Waals surface area contributed by atoms with Gasteiger partial charge in [0.2, 0.25) is 0 Å². The maximum atomic E-state index is 13.7. The lowest BCUT2D eigenvalue weighted by Gasteiger charge is -2.11. The number of nitriles is 1. The highest BCUT2D eigenvalue weighted by Crippen LogP contribution is 2.35. The lowest BCUT2D eigenvalue weighted by Crippen LogP contribution is -2.14. The molecule has 0 fully saturated rings. The van der Waals surface area contributed by atoms with Crippen molar-refractivity contribution in [2.45, 2.75) is 6.61 Å². The maximum absolute atomic E-state index is 13.7. The number of carbonyl (C=O) groups excluding carboxylic acids is 1. The summed E-state index contributed by atoms with van der Waals surface area (Å²) in [6, 6.07) is 18.0. The zero-order valence-electron chi connectivity index (χ0n) is 15.8. The van der Waals surface area contributed by atoms with Crippen molar-refractivity contribution in [2.75, 3.05) is 5.32 Å². The minimum atomic E-state index is -0.733. The van der Waals surface area contributed by atoms with Crippen molar-refractivity contribution in [1.82, 2.24) is 0 Å². The first-order valence-electron chi connectivity index (χ1n) is 8.91. The van der Waals surface area contributed by atoms with Crippen LogP contribution in [0, 0.1) is 17.1 Å². The zero-order valence-corrected chi connectivity index (χ0v) is 18.9. The van der Waals surface area contributed by atoms with Gasteiger partial charge in [0.1, 0.15) is 24.1 Å². The Morgan fingerprint density at radius 1 is 1.16 bits per heavy atom. The second-order valence-corrected chi connectivity index (χ2v) is 8.03. The number of benzene rings is 3. The van der Waals surface area contributed by atoms with E-state index in [1.807, 2.05) is 18.2 Å². The molecule has 0 unspecified atom stereocenters. The quantitative estimate of drug-likeness (QED) is 0.281. The Bertz CT molecular complexity index is 1170. The average molecular weight is 520 g/mol. The van der Waals surface area contributed by atoms with E-state index in [9.17, 15) is 14.4 Å². The van der Waals surface area contributed by atoms with Crippen LogP contribution in [0.5, 0.6) is 5.75 Å². The minimum absolute atomic E-state index is 0.0150. The molecule has 0 aliphatic rings. The third-order valence-corrected chi connectivity index (χ3v) is 5.24. The molecule has 4 nitrogen and oxygen atoms in total.